The Kier molecular flexibility index (Phi) is 3.92. The number of aldehydes is 1. The minimum Gasteiger partial charge on any atom is -0.303 e. The van der Waals surface area contributed by atoms with E-state index in [9.17, 15) is 4.79 Å². The second-order valence-corrected chi connectivity index (χ2v) is 5.38. The summed E-state index contributed by atoms with van der Waals surface area (Å²) in [5.41, 5.74) is 2.30. The Morgan fingerprint density at radius 3 is 2.65 bits per heavy atom. The first-order valence-electron chi connectivity index (χ1n) is 7.12. The van der Waals surface area contributed by atoms with Gasteiger partial charge in [0.05, 0.1) is 11.9 Å². The van der Waals surface area contributed by atoms with Crippen molar-refractivity contribution in [3.05, 3.63) is 48.3 Å². The van der Waals surface area contributed by atoms with Gasteiger partial charge in [0.25, 0.3) is 0 Å². The molecule has 1 aromatic carbocycles. The zero-order valence-corrected chi connectivity index (χ0v) is 11.5. The van der Waals surface area contributed by atoms with Gasteiger partial charge in [-0.05, 0) is 38.1 Å². The van der Waals surface area contributed by atoms with Crippen LogP contribution in [0.2, 0.25) is 0 Å². The lowest BCUT2D eigenvalue weighted by Gasteiger charge is -2.28. The molecule has 0 aliphatic carbocycles. The number of carbonyl (C=O) groups is 1. The maximum atomic E-state index is 10.8. The largest absolute Gasteiger partial charge is 0.303 e. The second kappa shape index (κ2) is 6.01. The number of aromatic nitrogens is 2. The first-order valence-corrected chi connectivity index (χ1v) is 7.12. The Balaban J connectivity index is 1.62. The number of hydrogen-bond acceptors (Lipinski definition) is 3. The molecule has 1 aliphatic rings. The van der Waals surface area contributed by atoms with E-state index in [1.807, 2.05) is 41.2 Å². The van der Waals surface area contributed by atoms with E-state index >= 15 is 0 Å². The number of piperidine rings is 1. The van der Waals surface area contributed by atoms with E-state index in [0.717, 1.165) is 44.4 Å². The van der Waals surface area contributed by atoms with Crippen LogP contribution in [0.1, 0.15) is 18.4 Å². The molecule has 1 saturated heterocycles. The van der Waals surface area contributed by atoms with Crippen LogP contribution in [0.4, 0.5) is 0 Å². The van der Waals surface area contributed by atoms with Crippen LogP contribution in [0.5, 0.6) is 0 Å². The highest BCUT2D eigenvalue weighted by molar-refractivity contribution is 5.53. The van der Waals surface area contributed by atoms with Gasteiger partial charge < -0.3 is 4.79 Å². The molecule has 0 bridgehead atoms. The molecule has 0 atom stereocenters. The zero-order chi connectivity index (χ0) is 13.8. The van der Waals surface area contributed by atoms with E-state index < -0.39 is 0 Å². The molecule has 0 unspecified atom stereocenters. The van der Waals surface area contributed by atoms with Crippen LogP contribution in [0, 0.1) is 5.92 Å². The Hall–Kier alpha value is -1.94. The van der Waals surface area contributed by atoms with Gasteiger partial charge in [0.15, 0.2) is 0 Å². The van der Waals surface area contributed by atoms with Crippen LogP contribution >= 0.6 is 0 Å². The summed E-state index contributed by atoms with van der Waals surface area (Å²) in [7, 11) is 0. The molecule has 2 aromatic rings. The Morgan fingerprint density at radius 1 is 1.20 bits per heavy atom. The van der Waals surface area contributed by atoms with Crippen molar-refractivity contribution in [2.75, 3.05) is 13.1 Å². The average Bonchev–Trinajstić information content (AvgIpc) is 2.97. The maximum Gasteiger partial charge on any atom is 0.123 e. The van der Waals surface area contributed by atoms with E-state index in [1.54, 1.807) is 0 Å². The number of likely N-dealkylation sites (tertiary alicyclic amines) is 1. The molecular weight excluding hydrogens is 250 g/mol. The predicted molar refractivity (Wildman–Crippen MR) is 77.6 cm³/mol. The minimum absolute atomic E-state index is 0.262. The van der Waals surface area contributed by atoms with Crippen molar-refractivity contribution in [3.8, 4) is 5.69 Å². The fourth-order valence-corrected chi connectivity index (χ4v) is 2.67. The number of hydrogen-bond donors (Lipinski definition) is 0. The van der Waals surface area contributed by atoms with Crippen LogP contribution in [0.15, 0.2) is 42.7 Å². The smallest absolute Gasteiger partial charge is 0.123 e. The summed E-state index contributed by atoms with van der Waals surface area (Å²) in [5, 5.41) is 4.42. The third kappa shape index (κ3) is 2.96. The standard InChI is InChI=1S/C16H19N3O/c20-13-14-6-8-18(9-7-14)11-15-10-17-19(12-15)16-4-2-1-3-5-16/h1-5,10,12-14H,6-9,11H2. The molecule has 104 valence electrons. The molecule has 4 nitrogen and oxygen atoms in total. The summed E-state index contributed by atoms with van der Waals surface area (Å²) >= 11 is 0. The summed E-state index contributed by atoms with van der Waals surface area (Å²) in [6, 6.07) is 10.1. The summed E-state index contributed by atoms with van der Waals surface area (Å²) in [5.74, 6) is 0.262. The molecule has 1 aliphatic heterocycles. The normalized spacial score (nSPS) is 17.2. The second-order valence-electron chi connectivity index (χ2n) is 5.38. The summed E-state index contributed by atoms with van der Waals surface area (Å²) in [6.45, 7) is 2.91. The van der Waals surface area contributed by atoms with Crippen molar-refractivity contribution >= 4 is 6.29 Å². The molecule has 0 spiro atoms. The molecule has 4 heteroatoms. The van der Waals surface area contributed by atoms with Crippen LogP contribution < -0.4 is 0 Å². The molecule has 1 fully saturated rings. The highest BCUT2D eigenvalue weighted by Crippen LogP contribution is 2.17. The molecule has 0 saturated carbocycles. The number of carbonyl (C=O) groups excluding carboxylic acids is 1. The predicted octanol–water partition coefficient (Wildman–Crippen LogP) is 2.28. The van der Waals surface area contributed by atoms with Crippen molar-refractivity contribution in [3.63, 3.8) is 0 Å². The first-order chi connectivity index (χ1) is 9.85. The van der Waals surface area contributed by atoms with Gasteiger partial charge in [0.2, 0.25) is 0 Å². The van der Waals surface area contributed by atoms with Crippen molar-refractivity contribution in [1.82, 2.24) is 14.7 Å². The minimum atomic E-state index is 0.262. The lowest BCUT2D eigenvalue weighted by Crippen LogP contribution is -2.33. The van der Waals surface area contributed by atoms with Crippen molar-refractivity contribution in [1.29, 1.82) is 0 Å². The van der Waals surface area contributed by atoms with E-state index in [1.165, 1.54) is 5.56 Å². The molecule has 2 heterocycles. The maximum absolute atomic E-state index is 10.8. The van der Waals surface area contributed by atoms with Crippen LogP contribution in [0.25, 0.3) is 5.69 Å². The lowest BCUT2D eigenvalue weighted by molar-refractivity contribution is -0.112. The van der Waals surface area contributed by atoms with Gasteiger partial charge in [-0.15, -0.1) is 0 Å². The Bertz CT molecular complexity index is 556. The van der Waals surface area contributed by atoms with Gasteiger partial charge in [-0.2, -0.15) is 5.10 Å². The molecule has 0 radical (unpaired) electrons. The van der Waals surface area contributed by atoms with Crippen molar-refractivity contribution in [2.45, 2.75) is 19.4 Å². The van der Waals surface area contributed by atoms with E-state index in [0.29, 0.717) is 0 Å². The van der Waals surface area contributed by atoms with Crippen molar-refractivity contribution in [2.24, 2.45) is 5.92 Å². The first kappa shape index (κ1) is 13.1. The van der Waals surface area contributed by atoms with E-state index in [2.05, 4.69) is 16.2 Å². The SMILES string of the molecule is O=CC1CCN(Cc2cnn(-c3ccccc3)c2)CC1. The van der Waals surface area contributed by atoms with Gasteiger partial charge in [-0.1, -0.05) is 18.2 Å². The fourth-order valence-electron chi connectivity index (χ4n) is 2.67. The number of nitrogens with zero attached hydrogens (tertiary/aromatic N) is 3. The molecular formula is C16H19N3O. The number of rotatable bonds is 4. The molecule has 1 aromatic heterocycles. The summed E-state index contributed by atoms with van der Waals surface area (Å²) in [4.78, 5) is 13.1. The van der Waals surface area contributed by atoms with Crippen LogP contribution in [0.3, 0.4) is 0 Å². The third-order valence-electron chi connectivity index (χ3n) is 3.89. The average molecular weight is 269 g/mol. The van der Waals surface area contributed by atoms with Gasteiger partial charge >= 0.3 is 0 Å². The molecule has 20 heavy (non-hydrogen) atoms. The summed E-state index contributed by atoms with van der Waals surface area (Å²) < 4.78 is 1.91. The van der Waals surface area contributed by atoms with Crippen LogP contribution in [-0.2, 0) is 11.3 Å². The fraction of sp³-hybridized carbons (Fsp3) is 0.375. The van der Waals surface area contributed by atoms with Crippen molar-refractivity contribution < 1.29 is 4.79 Å². The summed E-state index contributed by atoms with van der Waals surface area (Å²) in [6.07, 6.45) is 7.08. The highest BCUT2D eigenvalue weighted by atomic mass is 16.1. The van der Waals surface area contributed by atoms with Crippen LogP contribution in [-0.4, -0.2) is 34.1 Å². The lowest BCUT2D eigenvalue weighted by atomic mass is 9.98. The Morgan fingerprint density at radius 2 is 1.95 bits per heavy atom. The van der Waals surface area contributed by atoms with Gasteiger partial charge in [-0.25, -0.2) is 4.68 Å². The van der Waals surface area contributed by atoms with Gasteiger partial charge in [-0.3, -0.25) is 4.90 Å². The van der Waals surface area contributed by atoms with Gasteiger partial charge in [0.1, 0.15) is 6.29 Å². The monoisotopic (exact) mass is 269 g/mol. The number of para-hydroxylation sites is 1. The van der Waals surface area contributed by atoms with E-state index in [-0.39, 0.29) is 5.92 Å². The molecule has 0 N–H and O–H groups in total. The van der Waals surface area contributed by atoms with E-state index in [4.69, 9.17) is 0 Å². The van der Waals surface area contributed by atoms with Gasteiger partial charge in [0, 0.05) is 24.2 Å². The Labute approximate surface area is 119 Å². The highest BCUT2D eigenvalue weighted by Gasteiger charge is 2.18. The third-order valence-corrected chi connectivity index (χ3v) is 3.89. The topological polar surface area (TPSA) is 38.1 Å². The quantitative estimate of drug-likeness (QED) is 0.799. The molecule has 3 rings (SSSR count). The number of benzene rings is 1. The zero-order valence-electron chi connectivity index (χ0n) is 11.5. The molecule has 0 amide bonds.